The minimum atomic E-state index is -0.244. The molecule has 144 valence electrons. The Bertz CT molecular complexity index is 946. The van der Waals surface area contributed by atoms with Gasteiger partial charge in [0.05, 0.1) is 11.7 Å². The molecule has 4 rings (SSSR count). The van der Waals surface area contributed by atoms with E-state index in [1.165, 1.54) is 0 Å². The number of carbonyl (C=O) groups excluding carboxylic acids is 1. The van der Waals surface area contributed by atoms with Crippen molar-refractivity contribution >= 4 is 11.6 Å². The molecule has 2 N–H and O–H groups in total. The van der Waals surface area contributed by atoms with E-state index in [0.717, 1.165) is 37.2 Å². The van der Waals surface area contributed by atoms with Gasteiger partial charge >= 0.3 is 0 Å². The van der Waals surface area contributed by atoms with Crippen LogP contribution in [-0.4, -0.2) is 28.8 Å². The summed E-state index contributed by atoms with van der Waals surface area (Å²) in [5, 5.41) is 10.8. The SMILES string of the molecule is Cc1ccc(Oc2ccccc2)c(NC(=O)c2ccn(C3CCCNC3)n2)c1. The van der Waals surface area contributed by atoms with Gasteiger partial charge in [-0.15, -0.1) is 0 Å². The van der Waals surface area contributed by atoms with Gasteiger partial charge in [-0.2, -0.15) is 5.10 Å². The van der Waals surface area contributed by atoms with Gasteiger partial charge in [-0.1, -0.05) is 24.3 Å². The molecule has 2 heterocycles. The van der Waals surface area contributed by atoms with Crippen molar-refractivity contribution in [2.24, 2.45) is 0 Å². The quantitative estimate of drug-likeness (QED) is 0.702. The summed E-state index contributed by atoms with van der Waals surface area (Å²) in [7, 11) is 0. The number of carbonyl (C=O) groups is 1. The third kappa shape index (κ3) is 4.23. The lowest BCUT2D eigenvalue weighted by Crippen LogP contribution is -2.32. The molecule has 28 heavy (non-hydrogen) atoms. The molecular weight excluding hydrogens is 352 g/mol. The second kappa shape index (κ2) is 8.27. The minimum Gasteiger partial charge on any atom is -0.455 e. The van der Waals surface area contributed by atoms with Crippen molar-refractivity contribution in [3.05, 3.63) is 72.1 Å². The lowest BCUT2D eigenvalue weighted by Gasteiger charge is -2.22. The minimum absolute atomic E-state index is 0.244. The van der Waals surface area contributed by atoms with Gasteiger partial charge in [0.2, 0.25) is 0 Å². The number of piperidine rings is 1. The Kier molecular flexibility index (Phi) is 5.39. The van der Waals surface area contributed by atoms with Crippen molar-refractivity contribution in [2.45, 2.75) is 25.8 Å². The van der Waals surface area contributed by atoms with Gasteiger partial charge in [0.25, 0.3) is 5.91 Å². The Balaban J connectivity index is 1.51. The number of hydrogen-bond acceptors (Lipinski definition) is 4. The zero-order valence-corrected chi connectivity index (χ0v) is 15.9. The molecule has 1 aromatic heterocycles. The van der Waals surface area contributed by atoms with Crippen molar-refractivity contribution in [3.8, 4) is 11.5 Å². The van der Waals surface area contributed by atoms with E-state index in [1.807, 2.05) is 66.3 Å². The predicted octanol–water partition coefficient (Wildman–Crippen LogP) is 4.16. The smallest absolute Gasteiger partial charge is 0.276 e. The number of nitrogens with one attached hydrogen (secondary N) is 2. The average molecular weight is 376 g/mol. The molecule has 1 saturated heterocycles. The normalized spacial score (nSPS) is 16.5. The zero-order valence-electron chi connectivity index (χ0n) is 15.9. The van der Waals surface area contributed by atoms with Crippen LogP contribution in [0.2, 0.25) is 0 Å². The topological polar surface area (TPSA) is 68.2 Å². The van der Waals surface area contributed by atoms with Gasteiger partial charge in [-0.3, -0.25) is 9.48 Å². The largest absolute Gasteiger partial charge is 0.455 e. The summed E-state index contributed by atoms with van der Waals surface area (Å²) in [4.78, 5) is 12.8. The second-order valence-corrected chi connectivity index (χ2v) is 7.05. The Morgan fingerprint density at radius 3 is 2.86 bits per heavy atom. The van der Waals surface area contributed by atoms with Crippen molar-refractivity contribution in [2.75, 3.05) is 18.4 Å². The third-order valence-corrected chi connectivity index (χ3v) is 4.84. The first-order valence-electron chi connectivity index (χ1n) is 9.60. The van der Waals surface area contributed by atoms with Crippen LogP contribution in [0.3, 0.4) is 0 Å². The second-order valence-electron chi connectivity index (χ2n) is 7.05. The molecule has 0 bridgehead atoms. The van der Waals surface area contributed by atoms with Crippen LogP contribution in [0, 0.1) is 6.92 Å². The van der Waals surface area contributed by atoms with Crippen LogP contribution >= 0.6 is 0 Å². The standard InChI is InChI=1S/C22H24N4O2/c1-16-9-10-21(28-18-7-3-2-4-8-18)20(14-16)24-22(27)19-11-13-26(25-19)17-6-5-12-23-15-17/h2-4,7-11,13-14,17,23H,5-6,12,15H2,1H3,(H,24,27). The fourth-order valence-corrected chi connectivity index (χ4v) is 3.35. The Labute approximate surface area is 164 Å². The highest BCUT2D eigenvalue weighted by atomic mass is 16.5. The molecule has 0 radical (unpaired) electrons. The number of aromatic nitrogens is 2. The highest BCUT2D eigenvalue weighted by Gasteiger charge is 2.18. The number of nitrogens with zero attached hydrogens (tertiary/aromatic N) is 2. The molecule has 1 unspecified atom stereocenters. The first-order chi connectivity index (χ1) is 13.7. The molecule has 0 spiro atoms. The lowest BCUT2D eigenvalue weighted by atomic mass is 10.1. The van der Waals surface area contributed by atoms with Gasteiger partial charge in [0, 0.05) is 12.7 Å². The summed E-state index contributed by atoms with van der Waals surface area (Å²) in [6.07, 6.45) is 4.07. The molecule has 0 saturated carbocycles. The molecule has 0 aliphatic carbocycles. The molecule has 1 amide bonds. The summed E-state index contributed by atoms with van der Waals surface area (Å²) in [6, 6.07) is 17.3. The maximum atomic E-state index is 12.8. The van der Waals surface area contributed by atoms with Crippen LogP contribution in [0.1, 0.15) is 34.9 Å². The molecule has 6 nitrogen and oxygen atoms in total. The van der Waals surface area contributed by atoms with Gasteiger partial charge in [-0.05, 0) is 62.2 Å². The first kappa shape index (κ1) is 18.3. The van der Waals surface area contributed by atoms with E-state index in [1.54, 1.807) is 6.07 Å². The van der Waals surface area contributed by atoms with Gasteiger partial charge in [0.15, 0.2) is 11.4 Å². The number of benzene rings is 2. The van der Waals surface area contributed by atoms with Crippen molar-refractivity contribution in [1.29, 1.82) is 0 Å². The van der Waals surface area contributed by atoms with Gasteiger partial charge < -0.3 is 15.4 Å². The fourth-order valence-electron chi connectivity index (χ4n) is 3.35. The first-order valence-corrected chi connectivity index (χ1v) is 9.60. The van der Waals surface area contributed by atoms with E-state index in [4.69, 9.17) is 4.74 Å². The molecule has 6 heteroatoms. The summed E-state index contributed by atoms with van der Waals surface area (Å²) in [5.74, 6) is 1.07. The monoisotopic (exact) mass is 376 g/mol. The molecule has 1 aliphatic rings. The summed E-state index contributed by atoms with van der Waals surface area (Å²) in [6.45, 7) is 3.91. The molecule has 2 aromatic carbocycles. The number of para-hydroxylation sites is 1. The number of rotatable bonds is 5. The van der Waals surface area contributed by atoms with Crippen LogP contribution < -0.4 is 15.4 Å². The number of hydrogen-bond donors (Lipinski definition) is 2. The van der Waals surface area contributed by atoms with Crippen LogP contribution in [0.15, 0.2) is 60.8 Å². The van der Waals surface area contributed by atoms with E-state index < -0.39 is 0 Å². The highest BCUT2D eigenvalue weighted by Crippen LogP contribution is 2.30. The number of anilines is 1. The summed E-state index contributed by atoms with van der Waals surface area (Å²) < 4.78 is 7.84. The summed E-state index contributed by atoms with van der Waals surface area (Å²) >= 11 is 0. The molecule has 1 atom stereocenters. The van der Waals surface area contributed by atoms with Crippen LogP contribution in [0.5, 0.6) is 11.5 Å². The predicted molar refractivity (Wildman–Crippen MR) is 109 cm³/mol. The molecule has 1 fully saturated rings. The average Bonchev–Trinajstić information content (AvgIpc) is 3.22. The Hall–Kier alpha value is -3.12. The maximum absolute atomic E-state index is 12.8. The number of aryl methyl sites for hydroxylation is 1. The highest BCUT2D eigenvalue weighted by molar-refractivity contribution is 6.03. The van der Waals surface area contributed by atoms with Gasteiger partial charge in [0.1, 0.15) is 5.75 Å². The Morgan fingerprint density at radius 2 is 2.07 bits per heavy atom. The van der Waals surface area contributed by atoms with E-state index in [0.29, 0.717) is 23.2 Å². The van der Waals surface area contributed by atoms with Crippen molar-refractivity contribution in [3.63, 3.8) is 0 Å². The molecule has 3 aromatic rings. The van der Waals surface area contributed by atoms with Crippen molar-refractivity contribution in [1.82, 2.24) is 15.1 Å². The van der Waals surface area contributed by atoms with E-state index in [2.05, 4.69) is 15.7 Å². The number of ether oxygens (including phenoxy) is 1. The van der Waals surface area contributed by atoms with Gasteiger partial charge in [-0.25, -0.2) is 0 Å². The van der Waals surface area contributed by atoms with Crippen LogP contribution in [0.4, 0.5) is 5.69 Å². The molecule has 1 aliphatic heterocycles. The number of amides is 1. The molecular formula is C22H24N4O2. The zero-order chi connectivity index (χ0) is 19.3. The van der Waals surface area contributed by atoms with Crippen molar-refractivity contribution < 1.29 is 9.53 Å². The van der Waals surface area contributed by atoms with Crippen LogP contribution in [0.25, 0.3) is 0 Å². The fraction of sp³-hybridized carbons (Fsp3) is 0.273. The van der Waals surface area contributed by atoms with E-state index >= 15 is 0 Å². The van der Waals surface area contributed by atoms with E-state index in [-0.39, 0.29) is 5.91 Å². The lowest BCUT2D eigenvalue weighted by molar-refractivity contribution is 0.102. The van der Waals surface area contributed by atoms with E-state index in [9.17, 15) is 4.79 Å². The van der Waals surface area contributed by atoms with Crippen LogP contribution in [-0.2, 0) is 0 Å². The Morgan fingerprint density at radius 1 is 1.21 bits per heavy atom. The maximum Gasteiger partial charge on any atom is 0.276 e. The third-order valence-electron chi connectivity index (χ3n) is 4.84. The summed E-state index contributed by atoms with van der Waals surface area (Å²) in [5.41, 5.74) is 2.06.